The first-order valence-electron chi connectivity index (χ1n) is 7.47. The SMILES string of the molecule is CC(C)Oc1cccc(NC(=O)/C(C#N)=C\c2ccc(O)cc2)c1. The van der Waals surface area contributed by atoms with Gasteiger partial charge < -0.3 is 15.2 Å². The van der Waals surface area contributed by atoms with Crippen LogP contribution in [-0.4, -0.2) is 17.1 Å². The van der Waals surface area contributed by atoms with Gasteiger partial charge in [-0.15, -0.1) is 0 Å². The zero-order chi connectivity index (χ0) is 17.5. The fraction of sp³-hybridized carbons (Fsp3) is 0.158. The predicted octanol–water partition coefficient (Wildman–Crippen LogP) is 3.73. The normalized spacial score (nSPS) is 11.0. The highest BCUT2D eigenvalue weighted by Gasteiger charge is 2.10. The highest BCUT2D eigenvalue weighted by atomic mass is 16.5. The summed E-state index contributed by atoms with van der Waals surface area (Å²) < 4.78 is 5.58. The summed E-state index contributed by atoms with van der Waals surface area (Å²) in [6.07, 6.45) is 1.49. The second kappa shape index (κ2) is 7.84. The third-order valence-corrected chi connectivity index (χ3v) is 3.03. The van der Waals surface area contributed by atoms with Crippen LogP contribution in [0.25, 0.3) is 6.08 Å². The Morgan fingerprint density at radius 1 is 1.25 bits per heavy atom. The van der Waals surface area contributed by atoms with Gasteiger partial charge in [0, 0.05) is 11.8 Å². The van der Waals surface area contributed by atoms with Crippen LogP contribution < -0.4 is 10.1 Å². The predicted molar refractivity (Wildman–Crippen MR) is 92.5 cm³/mol. The monoisotopic (exact) mass is 322 g/mol. The molecular weight excluding hydrogens is 304 g/mol. The summed E-state index contributed by atoms with van der Waals surface area (Å²) in [5.41, 5.74) is 1.16. The molecule has 0 saturated heterocycles. The second-order valence-electron chi connectivity index (χ2n) is 5.41. The van der Waals surface area contributed by atoms with Crippen molar-refractivity contribution in [2.45, 2.75) is 20.0 Å². The van der Waals surface area contributed by atoms with Crippen LogP contribution in [0.5, 0.6) is 11.5 Å². The van der Waals surface area contributed by atoms with Crippen LogP contribution in [0.3, 0.4) is 0 Å². The summed E-state index contributed by atoms with van der Waals surface area (Å²) in [7, 11) is 0. The minimum atomic E-state index is -0.507. The van der Waals surface area contributed by atoms with Crippen LogP contribution in [0.4, 0.5) is 5.69 Å². The van der Waals surface area contributed by atoms with Gasteiger partial charge in [-0.3, -0.25) is 4.79 Å². The molecule has 5 heteroatoms. The van der Waals surface area contributed by atoms with E-state index in [1.807, 2.05) is 19.9 Å². The van der Waals surface area contributed by atoms with E-state index in [2.05, 4.69) is 5.32 Å². The van der Waals surface area contributed by atoms with Gasteiger partial charge >= 0.3 is 0 Å². The molecule has 0 saturated carbocycles. The van der Waals surface area contributed by atoms with Gasteiger partial charge in [-0.2, -0.15) is 5.26 Å². The number of benzene rings is 2. The molecule has 0 aliphatic rings. The average molecular weight is 322 g/mol. The first-order chi connectivity index (χ1) is 11.5. The van der Waals surface area contributed by atoms with Crippen molar-refractivity contribution in [2.24, 2.45) is 0 Å². The quantitative estimate of drug-likeness (QED) is 0.649. The van der Waals surface area contributed by atoms with Crippen molar-refractivity contribution in [3.8, 4) is 17.6 Å². The van der Waals surface area contributed by atoms with E-state index in [9.17, 15) is 15.2 Å². The maximum atomic E-state index is 12.3. The van der Waals surface area contributed by atoms with Crippen LogP contribution >= 0.6 is 0 Å². The Labute approximate surface area is 140 Å². The van der Waals surface area contributed by atoms with E-state index in [4.69, 9.17) is 4.74 Å². The number of amides is 1. The van der Waals surface area contributed by atoms with Gasteiger partial charge in [-0.25, -0.2) is 0 Å². The van der Waals surface area contributed by atoms with Gasteiger partial charge in [0.15, 0.2) is 0 Å². The second-order valence-corrected chi connectivity index (χ2v) is 5.41. The van der Waals surface area contributed by atoms with Gasteiger partial charge in [-0.05, 0) is 49.8 Å². The Hall–Kier alpha value is -3.26. The maximum Gasteiger partial charge on any atom is 0.266 e. The molecule has 122 valence electrons. The Kier molecular flexibility index (Phi) is 5.58. The molecule has 24 heavy (non-hydrogen) atoms. The van der Waals surface area contributed by atoms with E-state index in [1.54, 1.807) is 36.4 Å². The van der Waals surface area contributed by atoms with Crippen molar-refractivity contribution < 1.29 is 14.6 Å². The molecule has 2 N–H and O–H groups in total. The number of carbonyl (C=O) groups excluding carboxylic acids is 1. The number of hydrogen-bond acceptors (Lipinski definition) is 4. The molecule has 0 aliphatic carbocycles. The van der Waals surface area contributed by atoms with Gasteiger partial charge in [0.1, 0.15) is 23.1 Å². The molecule has 0 radical (unpaired) electrons. The largest absolute Gasteiger partial charge is 0.508 e. The first-order valence-corrected chi connectivity index (χ1v) is 7.47. The van der Waals surface area contributed by atoms with Crippen LogP contribution in [-0.2, 0) is 4.79 Å². The third-order valence-electron chi connectivity index (χ3n) is 3.03. The minimum absolute atomic E-state index is 0.0278. The number of aromatic hydroxyl groups is 1. The Morgan fingerprint density at radius 2 is 1.96 bits per heavy atom. The number of nitriles is 1. The standard InChI is InChI=1S/C19H18N2O3/c1-13(2)24-18-5-3-4-16(11-18)21-19(23)15(12-20)10-14-6-8-17(22)9-7-14/h3-11,13,22H,1-2H3,(H,21,23)/b15-10-. The van der Waals surface area contributed by atoms with Crippen LogP contribution in [0.1, 0.15) is 19.4 Å². The number of phenols is 1. The molecule has 2 aromatic carbocycles. The number of anilines is 1. The van der Waals surface area contributed by atoms with Crippen molar-refractivity contribution in [1.29, 1.82) is 5.26 Å². The topological polar surface area (TPSA) is 82.3 Å². The number of ether oxygens (including phenoxy) is 1. The lowest BCUT2D eigenvalue weighted by atomic mass is 10.1. The lowest BCUT2D eigenvalue weighted by Gasteiger charge is -2.11. The summed E-state index contributed by atoms with van der Waals surface area (Å²) in [6.45, 7) is 3.83. The Bertz CT molecular complexity index is 787. The van der Waals surface area contributed by atoms with Gasteiger partial charge in [0.05, 0.1) is 6.10 Å². The summed E-state index contributed by atoms with van der Waals surface area (Å²) in [5, 5.41) is 21.2. The lowest BCUT2D eigenvalue weighted by Crippen LogP contribution is -2.13. The summed E-state index contributed by atoms with van der Waals surface area (Å²) in [5.74, 6) is 0.258. The van der Waals surface area contributed by atoms with E-state index in [0.717, 1.165) is 0 Å². The molecule has 2 aromatic rings. The van der Waals surface area contributed by atoms with Gasteiger partial charge in [-0.1, -0.05) is 18.2 Å². The van der Waals surface area contributed by atoms with E-state index < -0.39 is 5.91 Å². The molecule has 0 atom stereocenters. The van der Waals surface area contributed by atoms with Gasteiger partial charge in [0.2, 0.25) is 0 Å². The molecule has 0 aromatic heterocycles. The van der Waals surface area contributed by atoms with E-state index in [0.29, 0.717) is 17.0 Å². The summed E-state index contributed by atoms with van der Waals surface area (Å²) in [6, 6.07) is 15.1. The third kappa shape index (κ3) is 4.89. The molecule has 0 bridgehead atoms. The maximum absolute atomic E-state index is 12.3. The number of nitrogens with one attached hydrogen (secondary N) is 1. The highest BCUT2D eigenvalue weighted by Crippen LogP contribution is 2.19. The Morgan fingerprint density at radius 3 is 2.58 bits per heavy atom. The number of carbonyl (C=O) groups is 1. The van der Waals surface area contributed by atoms with Crippen molar-refractivity contribution in [3.05, 3.63) is 59.7 Å². The van der Waals surface area contributed by atoms with Crippen molar-refractivity contribution >= 4 is 17.7 Å². The van der Waals surface area contributed by atoms with Crippen molar-refractivity contribution in [3.63, 3.8) is 0 Å². The lowest BCUT2D eigenvalue weighted by molar-refractivity contribution is -0.112. The highest BCUT2D eigenvalue weighted by molar-refractivity contribution is 6.09. The number of nitrogens with zero attached hydrogens (tertiary/aromatic N) is 1. The van der Waals surface area contributed by atoms with Crippen molar-refractivity contribution in [2.75, 3.05) is 5.32 Å². The van der Waals surface area contributed by atoms with E-state index in [-0.39, 0.29) is 17.4 Å². The van der Waals surface area contributed by atoms with Gasteiger partial charge in [0.25, 0.3) is 5.91 Å². The molecule has 2 rings (SSSR count). The molecule has 1 amide bonds. The smallest absolute Gasteiger partial charge is 0.266 e. The van der Waals surface area contributed by atoms with E-state index >= 15 is 0 Å². The van der Waals surface area contributed by atoms with E-state index in [1.165, 1.54) is 18.2 Å². The zero-order valence-corrected chi connectivity index (χ0v) is 13.5. The van der Waals surface area contributed by atoms with Crippen molar-refractivity contribution in [1.82, 2.24) is 0 Å². The van der Waals surface area contributed by atoms with Crippen LogP contribution in [0.2, 0.25) is 0 Å². The number of hydrogen-bond donors (Lipinski definition) is 2. The van der Waals surface area contributed by atoms with Crippen LogP contribution in [0.15, 0.2) is 54.1 Å². The zero-order valence-electron chi connectivity index (χ0n) is 13.5. The molecule has 0 spiro atoms. The van der Waals surface area contributed by atoms with Crippen LogP contribution in [0, 0.1) is 11.3 Å². The fourth-order valence-electron chi connectivity index (χ4n) is 2.00. The first kappa shape index (κ1) is 17.1. The minimum Gasteiger partial charge on any atom is -0.508 e. The molecule has 0 fully saturated rings. The number of rotatable bonds is 5. The molecular formula is C19H18N2O3. The molecule has 0 unspecified atom stereocenters. The molecule has 0 heterocycles. The summed E-state index contributed by atoms with van der Waals surface area (Å²) >= 11 is 0. The molecule has 5 nitrogen and oxygen atoms in total. The molecule has 0 aliphatic heterocycles. The Balaban J connectivity index is 2.15. The fourth-order valence-corrected chi connectivity index (χ4v) is 2.00. The summed E-state index contributed by atoms with van der Waals surface area (Å²) in [4.78, 5) is 12.3. The average Bonchev–Trinajstić information content (AvgIpc) is 2.54. The number of phenolic OH excluding ortho intramolecular Hbond substituents is 1.